The predicted octanol–water partition coefficient (Wildman–Crippen LogP) is 4.54. The Bertz CT molecular complexity index is 1380. The molecule has 2 aromatic carbocycles. The topological polar surface area (TPSA) is 99.8 Å². The number of nitrogens with one attached hydrogen (secondary N) is 3. The summed E-state index contributed by atoms with van der Waals surface area (Å²) in [6.07, 6.45) is 0.770. The van der Waals surface area contributed by atoms with Crippen molar-refractivity contribution in [3.63, 3.8) is 0 Å². The van der Waals surface area contributed by atoms with E-state index in [-0.39, 0.29) is 23.9 Å². The number of anilines is 2. The molecule has 0 saturated heterocycles. The largest absolute Gasteiger partial charge is 0.322 e. The van der Waals surface area contributed by atoms with Crippen molar-refractivity contribution >= 4 is 55.1 Å². The van der Waals surface area contributed by atoms with Crippen molar-refractivity contribution in [1.29, 1.82) is 0 Å². The molecule has 158 valence electrons. The maximum Gasteiger partial charge on any atom is 0.232 e. The number of hydrogen-bond acceptors (Lipinski definition) is 5. The molecule has 0 unspecified atom stereocenters. The van der Waals surface area contributed by atoms with Crippen LogP contribution < -0.4 is 10.6 Å². The fourth-order valence-corrected chi connectivity index (χ4v) is 4.62. The first-order chi connectivity index (χ1) is 14.8. The van der Waals surface area contributed by atoms with Crippen LogP contribution in [0.5, 0.6) is 0 Å². The molecular formula is C21H17F2N5O2S. The van der Waals surface area contributed by atoms with Crippen molar-refractivity contribution in [3.05, 3.63) is 35.8 Å². The molecule has 1 aliphatic carbocycles. The normalized spacial score (nSPS) is 17.8. The van der Waals surface area contributed by atoms with Crippen molar-refractivity contribution in [2.45, 2.75) is 26.4 Å². The van der Waals surface area contributed by atoms with Crippen molar-refractivity contribution in [3.8, 4) is 11.1 Å². The van der Waals surface area contributed by atoms with Crippen molar-refractivity contribution < 1.29 is 18.4 Å². The molecular weight excluding hydrogens is 424 g/mol. The van der Waals surface area contributed by atoms with E-state index in [1.807, 2.05) is 12.1 Å². The molecule has 1 aliphatic rings. The third kappa shape index (κ3) is 3.32. The SMILES string of the molecule is CC(=O)Nc1c(F)c(C)c(-c2ccc3nc(NC(=O)[C@@H]4C[C@@H]4F)sc3c2)c2cn[nH]c12. The van der Waals surface area contributed by atoms with E-state index >= 15 is 4.39 Å². The van der Waals surface area contributed by atoms with E-state index in [4.69, 9.17) is 0 Å². The highest BCUT2D eigenvalue weighted by molar-refractivity contribution is 7.22. The number of alkyl halides is 1. The van der Waals surface area contributed by atoms with Crippen LogP contribution in [0, 0.1) is 18.7 Å². The number of halogens is 2. The van der Waals surface area contributed by atoms with Crippen molar-refractivity contribution in [2.75, 3.05) is 10.6 Å². The molecule has 5 rings (SSSR count). The number of fused-ring (bicyclic) bond motifs is 2. The first-order valence-electron chi connectivity index (χ1n) is 9.62. The molecule has 0 spiro atoms. The van der Waals surface area contributed by atoms with Gasteiger partial charge in [0.25, 0.3) is 0 Å². The second kappa shape index (κ2) is 7.09. The lowest BCUT2D eigenvalue weighted by molar-refractivity contribution is -0.117. The Morgan fingerprint density at radius 2 is 2.06 bits per heavy atom. The van der Waals surface area contributed by atoms with Crippen LogP contribution in [0.25, 0.3) is 32.2 Å². The van der Waals surface area contributed by atoms with Crippen LogP contribution in [0.1, 0.15) is 18.9 Å². The fraction of sp³-hybridized carbons (Fsp3) is 0.238. The second-order valence-electron chi connectivity index (χ2n) is 7.58. The summed E-state index contributed by atoms with van der Waals surface area (Å²) in [5, 5.41) is 13.1. The lowest BCUT2D eigenvalue weighted by atomic mass is 9.95. The molecule has 0 radical (unpaired) electrons. The molecule has 0 aliphatic heterocycles. The zero-order valence-corrected chi connectivity index (χ0v) is 17.4. The summed E-state index contributed by atoms with van der Waals surface area (Å²) >= 11 is 1.27. The summed E-state index contributed by atoms with van der Waals surface area (Å²) in [6, 6.07) is 5.47. The number of thiazole rings is 1. The molecule has 3 N–H and O–H groups in total. The Labute approximate surface area is 178 Å². The maximum absolute atomic E-state index is 15.1. The van der Waals surface area contributed by atoms with Gasteiger partial charge in [0.2, 0.25) is 11.8 Å². The Kier molecular flexibility index (Phi) is 4.47. The molecule has 2 aromatic heterocycles. The van der Waals surface area contributed by atoms with Crippen LogP contribution >= 0.6 is 11.3 Å². The molecule has 2 atom stereocenters. The van der Waals surface area contributed by atoms with Gasteiger partial charge >= 0.3 is 0 Å². The van der Waals surface area contributed by atoms with Gasteiger partial charge in [0, 0.05) is 12.3 Å². The van der Waals surface area contributed by atoms with Gasteiger partial charge in [-0.3, -0.25) is 14.7 Å². The predicted molar refractivity (Wildman–Crippen MR) is 115 cm³/mol. The zero-order chi connectivity index (χ0) is 21.9. The number of rotatable bonds is 4. The standard InChI is InChI=1S/C21H17F2N5O2S/c1-8-16(12-7-24-28-18(12)19(17(8)23)25-9(2)29)10-3-4-14-15(5-10)31-21(26-14)27-20(30)11-6-13(11)22/h3-5,7,11,13H,6H2,1-2H3,(H,24,28)(H,25,29)(H,26,27,30)/t11-,13+/m1/s1. The highest BCUT2D eigenvalue weighted by Crippen LogP contribution is 2.40. The van der Waals surface area contributed by atoms with E-state index < -0.39 is 17.9 Å². The summed E-state index contributed by atoms with van der Waals surface area (Å²) in [5.41, 5.74) is 2.91. The molecule has 4 aromatic rings. The van der Waals surface area contributed by atoms with Crippen LogP contribution in [0.3, 0.4) is 0 Å². The number of H-pyrrole nitrogens is 1. The molecule has 0 bridgehead atoms. The monoisotopic (exact) mass is 441 g/mol. The highest BCUT2D eigenvalue weighted by Gasteiger charge is 2.43. The second-order valence-corrected chi connectivity index (χ2v) is 8.61. The van der Waals surface area contributed by atoms with Gasteiger partial charge in [0.15, 0.2) is 10.9 Å². The molecule has 2 heterocycles. The minimum absolute atomic E-state index is 0.0661. The van der Waals surface area contributed by atoms with Gasteiger partial charge in [-0.2, -0.15) is 5.10 Å². The molecule has 1 saturated carbocycles. The molecule has 10 heteroatoms. The van der Waals surface area contributed by atoms with Gasteiger partial charge in [0.05, 0.1) is 27.8 Å². The Hall–Kier alpha value is -3.40. The van der Waals surface area contributed by atoms with Gasteiger partial charge in [-0.25, -0.2) is 13.8 Å². The van der Waals surface area contributed by atoms with E-state index in [1.165, 1.54) is 18.3 Å². The molecule has 7 nitrogen and oxygen atoms in total. The van der Waals surface area contributed by atoms with Crippen LogP contribution in [-0.2, 0) is 9.59 Å². The maximum atomic E-state index is 15.1. The average Bonchev–Trinajstić information content (AvgIpc) is 3.11. The van der Waals surface area contributed by atoms with E-state index in [0.717, 1.165) is 10.3 Å². The lowest BCUT2D eigenvalue weighted by Gasteiger charge is -2.14. The molecule has 31 heavy (non-hydrogen) atoms. The quantitative estimate of drug-likeness (QED) is 0.433. The highest BCUT2D eigenvalue weighted by atomic mass is 32.1. The third-order valence-corrected chi connectivity index (χ3v) is 6.27. The molecule has 1 fully saturated rings. The van der Waals surface area contributed by atoms with Gasteiger partial charge in [-0.05, 0) is 42.2 Å². The van der Waals surface area contributed by atoms with Crippen molar-refractivity contribution in [1.82, 2.24) is 15.2 Å². The zero-order valence-electron chi connectivity index (χ0n) is 16.5. The number of aromatic nitrogens is 3. The third-order valence-electron chi connectivity index (χ3n) is 5.34. The number of carbonyl (C=O) groups excluding carboxylic acids is 2. The Balaban J connectivity index is 1.57. The molecule has 2 amide bonds. The number of hydrogen-bond donors (Lipinski definition) is 3. The van der Waals surface area contributed by atoms with E-state index in [9.17, 15) is 14.0 Å². The summed E-state index contributed by atoms with van der Waals surface area (Å²) in [6.45, 7) is 2.96. The average molecular weight is 441 g/mol. The van der Waals surface area contributed by atoms with Gasteiger partial charge in [-0.1, -0.05) is 17.4 Å². The minimum atomic E-state index is -1.07. The van der Waals surface area contributed by atoms with Crippen LogP contribution in [0.4, 0.5) is 19.6 Å². The number of benzene rings is 2. The van der Waals surface area contributed by atoms with Crippen molar-refractivity contribution in [2.24, 2.45) is 5.92 Å². The summed E-state index contributed by atoms with van der Waals surface area (Å²) in [5.74, 6) is -1.87. The minimum Gasteiger partial charge on any atom is -0.322 e. The van der Waals surface area contributed by atoms with E-state index in [0.29, 0.717) is 32.7 Å². The Morgan fingerprint density at radius 3 is 2.77 bits per heavy atom. The number of amides is 2. The number of carbonyl (C=O) groups is 2. The van der Waals surface area contributed by atoms with Gasteiger partial charge in [-0.15, -0.1) is 0 Å². The first kappa shape index (κ1) is 19.6. The van der Waals surface area contributed by atoms with Crippen LogP contribution in [0.15, 0.2) is 24.4 Å². The van der Waals surface area contributed by atoms with E-state index in [2.05, 4.69) is 25.8 Å². The van der Waals surface area contributed by atoms with Gasteiger partial charge < -0.3 is 10.6 Å². The van der Waals surface area contributed by atoms with E-state index in [1.54, 1.807) is 19.2 Å². The summed E-state index contributed by atoms with van der Waals surface area (Å²) in [7, 11) is 0. The van der Waals surface area contributed by atoms with Crippen LogP contribution in [-0.4, -0.2) is 33.2 Å². The summed E-state index contributed by atoms with van der Waals surface area (Å²) in [4.78, 5) is 27.9. The van der Waals surface area contributed by atoms with Gasteiger partial charge in [0.1, 0.15) is 11.9 Å². The Morgan fingerprint density at radius 1 is 1.29 bits per heavy atom. The van der Waals surface area contributed by atoms with Crippen LogP contribution in [0.2, 0.25) is 0 Å². The lowest BCUT2D eigenvalue weighted by Crippen LogP contribution is -2.14. The number of nitrogens with zero attached hydrogens (tertiary/aromatic N) is 2. The summed E-state index contributed by atoms with van der Waals surface area (Å²) < 4.78 is 29.0. The number of aromatic amines is 1. The fourth-order valence-electron chi connectivity index (χ4n) is 3.71. The smallest absolute Gasteiger partial charge is 0.232 e. The first-order valence-corrected chi connectivity index (χ1v) is 10.4.